The summed E-state index contributed by atoms with van der Waals surface area (Å²) in [5.74, 6) is 0.976. The van der Waals surface area contributed by atoms with E-state index in [1.807, 2.05) is 44.3 Å². The lowest BCUT2D eigenvalue weighted by atomic mass is 10.1. The van der Waals surface area contributed by atoms with Crippen LogP contribution in [-0.2, 0) is 0 Å². The van der Waals surface area contributed by atoms with Gasteiger partial charge in [-0.15, -0.1) is 6.42 Å². The fourth-order valence-electron chi connectivity index (χ4n) is 5.03. The van der Waals surface area contributed by atoms with Gasteiger partial charge in [0.25, 0.3) is 11.8 Å². The quantitative estimate of drug-likeness (QED) is 0.156. The Kier molecular flexibility index (Phi) is 11.5. The van der Waals surface area contributed by atoms with E-state index in [0.717, 1.165) is 16.9 Å². The third kappa shape index (κ3) is 9.62. The van der Waals surface area contributed by atoms with Gasteiger partial charge in [0.15, 0.2) is 0 Å². The molecule has 0 aliphatic rings. The zero-order chi connectivity index (χ0) is 36.3. The smallest absolute Gasteiger partial charge is 0.255 e. The van der Waals surface area contributed by atoms with Gasteiger partial charge in [-0.05, 0) is 97.9 Å². The molecule has 8 nitrogen and oxygen atoms in total. The maximum absolute atomic E-state index is 14.1. The van der Waals surface area contributed by atoms with Crippen molar-refractivity contribution in [3.05, 3.63) is 168 Å². The number of benzene rings is 4. The molecule has 0 aliphatic carbocycles. The van der Waals surface area contributed by atoms with Crippen molar-refractivity contribution in [3.8, 4) is 12.3 Å². The van der Waals surface area contributed by atoms with Crippen molar-refractivity contribution >= 4 is 45.9 Å². The van der Waals surface area contributed by atoms with Crippen molar-refractivity contribution in [1.29, 1.82) is 0 Å². The fourth-order valence-corrected chi connectivity index (χ4v) is 5.03. The maximum atomic E-state index is 14.1. The summed E-state index contributed by atoms with van der Waals surface area (Å²) in [5, 5.41) is 5.46. The van der Waals surface area contributed by atoms with Crippen LogP contribution in [0.25, 0.3) is 0 Å². The molecule has 51 heavy (non-hydrogen) atoms. The Bertz CT molecular complexity index is 2190. The highest BCUT2D eigenvalue weighted by molar-refractivity contribution is 6.05. The predicted molar refractivity (Wildman–Crippen MR) is 199 cm³/mol. The van der Waals surface area contributed by atoms with Gasteiger partial charge >= 0.3 is 0 Å². The van der Waals surface area contributed by atoms with Crippen LogP contribution in [0.5, 0.6) is 0 Å². The van der Waals surface area contributed by atoms with Crippen LogP contribution in [0.3, 0.4) is 0 Å². The minimum Gasteiger partial charge on any atom is -0.343 e. The molecular weight excluding hydrogens is 646 g/mol. The number of aromatic nitrogens is 2. The van der Waals surface area contributed by atoms with Crippen LogP contribution < -0.4 is 20.4 Å². The number of amides is 2. The van der Waals surface area contributed by atoms with E-state index in [9.17, 15) is 18.4 Å². The second-order valence-corrected chi connectivity index (χ2v) is 11.4. The van der Waals surface area contributed by atoms with Crippen molar-refractivity contribution in [3.63, 3.8) is 0 Å². The van der Waals surface area contributed by atoms with Gasteiger partial charge in [-0.2, -0.15) is 0 Å². The molecule has 0 bridgehead atoms. The number of nitrogens with zero attached hydrogens (tertiary/aromatic N) is 4. The topological polar surface area (TPSA) is 90.5 Å². The predicted octanol–water partition coefficient (Wildman–Crippen LogP) is 8.77. The van der Waals surface area contributed by atoms with E-state index in [4.69, 9.17) is 6.42 Å². The number of pyridine rings is 2. The lowest BCUT2D eigenvalue weighted by Gasteiger charge is -2.20. The molecule has 4 aromatic carbocycles. The number of hydrogen-bond acceptors (Lipinski definition) is 6. The van der Waals surface area contributed by atoms with Crippen molar-refractivity contribution in [2.75, 3.05) is 34.5 Å². The monoisotopic (exact) mass is 680 g/mol. The summed E-state index contributed by atoms with van der Waals surface area (Å²) in [4.78, 5) is 36.5. The fraction of sp³-hybridized carbons (Fsp3) is 0.0732. The first-order chi connectivity index (χ1) is 24.6. The number of anilines is 6. The van der Waals surface area contributed by atoms with Crippen LogP contribution in [0.2, 0.25) is 0 Å². The number of terminal acetylenes is 1. The van der Waals surface area contributed by atoms with Gasteiger partial charge in [0.05, 0.1) is 23.8 Å². The minimum atomic E-state index is -0.453. The normalized spacial score (nSPS) is 10.2. The SMILES string of the molecule is C#Cc1cccc(C(=O)Nc2cc(F)cc(N(C)c3cccnc3)c2)c1.Cc1cccc(C(=O)Nc2cc(F)cc(N(C)c3cccnc3)c2)c1. The molecule has 0 aliphatic heterocycles. The molecule has 6 rings (SSSR count). The van der Waals surface area contributed by atoms with E-state index < -0.39 is 11.6 Å². The summed E-state index contributed by atoms with van der Waals surface area (Å²) >= 11 is 0. The summed E-state index contributed by atoms with van der Waals surface area (Å²) in [7, 11) is 3.62. The first-order valence-corrected chi connectivity index (χ1v) is 15.7. The molecule has 0 atom stereocenters. The second kappa shape index (κ2) is 16.5. The van der Waals surface area contributed by atoms with E-state index in [1.54, 1.807) is 96.2 Å². The first-order valence-electron chi connectivity index (χ1n) is 15.7. The standard InChI is InChI=1S/C21H16FN3O.C20H18FN3O/c1-3-15-6-4-7-16(10-15)21(26)24-18-11-17(22)12-20(13-18)25(2)19-8-5-9-23-14-19;1-14-5-3-6-15(9-14)20(25)23-17-10-16(21)11-19(12-17)24(2)18-7-4-8-22-13-18/h1,4-14H,2H3,(H,24,26);3-13H,1-2H3,(H,23,25). The minimum absolute atomic E-state index is 0.274. The number of carbonyl (C=O) groups is 2. The average Bonchev–Trinajstić information content (AvgIpc) is 3.14. The van der Waals surface area contributed by atoms with E-state index in [1.165, 1.54) is 24.3 Å². The Hall–Kier alpha value is -6.86. The van der Waals surface area contributed by atoms with Gasteiger partial charge in [0, 0.05) is 65.9 Å². The number of carbonyl (C=O) groups excluding carboxylic acids is 2. The average molecular weight is 681 g/mol. The molecule has 0 saturated heterocycles. The van der Waals surface area contributed by atoms with E-state index >= 15 is 0 Å². The Balaban J connectivity index is 0.000000198. The lowest BCUT2D eigenvalue weighted by molar-refractivity contribution is 0.101. The molecule has 0 saturated carbocycles. The highest BCUT2D eigenvalue weighted by Gasteiger charge is 2.13. The van der Waals surface area contributed by atoms with Crippen LogP contribution in [-0.4, -0.2) is 35.9 Å². The van der Waals surface area contributed by atoms with E-state index in [2.05, 4.69) is 26.5 Å². The maximum Gasteiger partial charge on any atom is 0.255 e. The van der Waals surface area contributed by atoms with Crippen molar-refractivity contribution in [2.24, 2.45) is 0 Å². The molecule has 10 heteroatoms. The summed E-state index contributed by atoms with van der Waals surface area (Å²) in [5.41, 5.74) is 6.12. The summed E-state index contributed by atoms with van der Waals surface area (Å²) in [6.07, 6.45) is 12.1. The molecule has 6 aromatic rings. The molecule has 0 unspecified atom stereocenters. The van der Waals surface area contributed by atoms with E-state index in [0.29, 0.717) is 39.4 Å². The summed E-state index contributed by atoms with van der Waals surface area (Å²) < 4.78 is 28.1. The number of rotatable bonds is 8. The highest BCUT2D eigenvalue weighted by Crippen LogP contribution is 2.28. The summed E-state index contributed by atoms with van der Waals surface area (Å²) in [6, 6.07) is 30.1. The highest BCUT2D eigenvalue weighted by atomic mass is 19.1. The Morgan fingerprint density at radius 3 is 1.57 bits per heavy atom. The van der Waals surface area contributed by atoms with Gasteiger partial charge in [-0.1, -0.05) is 29.7 Å². The van der Waals surface area contributed by atoms with Crippen molar-refractivity contribution < 1.29 is 18.4 Å². The number of aryl methyl sites for hydroxylation is 1. The molecule has 254 valence electrons. The van der Waals surface area contributed by atoms with Gasteiger partial charge in [0.1, 0.15) is 11.6 Å². The van der Waals surface area contributed by atoms with Gasteiger partial charge in [0.2, 0.25) is 0 Å². The molecule has 0 fully saturated rings. The summed E-state index contributed by atoms with van der Waals surface area (Å²) in [6.45, 7) is 1.92. The number of halogens is 2. The molecular formula is C41H34F2N6O2. The zero-order valence-electron chi connectivity index (χ0n) is 28.1. The number of hydrogen-bond donors (Lipinski definition) is 2. The molecule has 2 amide bonds. The van der Waals surface area contributed by atoms with Gasteiger partial charge in [-0.3, -0.25) is 19.6 Å². The second-order valence-electron chi connectivity index (χ2n) is 11.4. The molecule has 2 aromatic heterocycles. The van der Waals surface area contributed by atoms with Crippen LogP contribution in [0, 0.1) is 30.9 Å². The van der Waals surface area contributed by atoms with Crippen LogP contribution in [0.4, 0.5) is 42.9 Å². The Labute approximate surface area is 295 Å². The Morgan fingerprint density at radius 1 is 0.627 bits per heavy atom. The van der Waals surface area contributed by atoms with Gasteiger partial charge < -0.3 is 20.4 Å². The molecule has 2 heterocycles. The lowest BCUT2D eigenvalue weighted by Crippen LogP contribution is -2.14. The molecule has 2 N–H and O–H groups in total. The third-order valence-electron chi connectivity index (χ3n) is 7.69. The van der Waals surface area contributed by atoms with Crippen molar-refractivity contribution in [2.45, 2.75) is 6.92 Å². The van der Waals surface area contributed by atoms with Crippen LogP contribution in [0.15, 0.2) is 134 Å². The first kappa shape index (κ1) is 35.4. The zero-order valence-corrected chi connectivity index (χ0v) is 28.1. The van der Waals surface area contributed by atoms with Crippen LogP contribution >= 0.6 is 0 Å². The Morgan fingerprint density at radius 2 is 1.12 bits per heavy atom. The third-order valence-corrected chi connectivity index (χ3v) is 7.69. The van der Waals surface area contributed by atoms with Gasteiger partial charge in [-0.25, -0.2) is 8.78 Å². The van der Waals surface area contributed by atoms with E-state index in [-0.39, 0.29) is 11.8 Å². The molecule has 0 radical (unpaired) electrons. The number of nitrogens with one attached hydrogen (secondary N) is 2. The largest absolute Gasteiger partial charge is 0.343 e. The van der Waals surface area contributed by atoms with Crippen LogP contribution in [0.1, 0.15) is 31.8 Å². The van der Waals surface area contributed by atoms with Crippen molar-refractivity contribution in [1.82, 2.24) is 9.97 Å². The molecule has 0 spiro atoms.